The number of para-hydroxylation sites is 1. The van der Waals surface area contributed by atoms with Crippen LogP contribution in [0.2, 0.25) is 0 Å². The smallest absolute Gasteiger partial charge is 0.323 e. The van der Waals surface area contributed by atoms with Gasteiger partial charge in [-0.15, -0.1) is 0 Å². The van der Waals surface area contributed by atoms with Crippen molar-refractivity contribution in [3.8, 4) is 0 Å². The first-order valence-corrected chi connectivity index (χ1v) is 8.02. The number of nitrogens with one attached hydrogen (secondary N) is 1. The predicted octanol–water partition coefficient (Wildman–Crippen LogP) is 2.84. The number of rotatable bonds is 5. The van der Waals surface area contributed by atoms with Gasteiger partial charge in [-0.05, 0) is 23.8 Å². The van der Waals surface area contributed by atoms with E-state index in [1.165, 1.54) is 12.5 Å². The molecule has 7 heteroatoms. The van der Waals surface area contributed by atoms with Crippen LogP contribution in [0, 0.1) is 0 Å². The molecule has 2 N–H and O–H groups in total. The number of aromatic nitrogens is 2. The number of hydrogen-bond acceptors (Lipinski definition) is 5. The van der Waals surface area contributed by atoms with Gasteiger partial charge in [0, 0.05) is 17.3 Å². The summed E-state index contributed by atoms with van der Waals surface area (Å²) in [5.74, 6) is -1.09. The molecular weight excluding hydrogens is 334 g/mol. The standard InChI is InChI=1S/C19H15N3O4/c23-18(24)10-22-11-20-9-15(19(22)25)21-8-12-5-6-17-14(7-12)13-3-1-2-4-16(13)26-17/h1-7,9,11,21H,8,10H2,(H,23,24). The highest BCUT2D eigenvalue weighted by atomic mass is 16.4. The Bertz CT molecular complexity index is 1180. The zero-order valence-corrected chi connectivity index (χ0v) is 13.7. The van der Waals surface area contributed by atoms with E-state index < -0.39 is 18.1 Å². The fraction of sp³-hybridized carbons (Fsp3) is 0.105. The fourth-order valence-corrected chi connectivity index (χ4v) is 2.91. The van der Waals surface area contributed by atoms with Crippen LogP contribution < -0.4 is 10.9 Å². The molecule has 0 aliphatic heterocycles. The maximum absolute atomic E-state index is 12.3. The molecule has 0 amide bonds. The number of anilines is 1. The largest absolute Gasteiger partial charge is 0.480 e. The molecular formula is C19H15N3O4. The summed E-state index contributed by atoms with van der Waals surface area (Å²) in [6.45, 7) is -0.0161. The van der Waals surface area contributed by atoms with Crippen molar-refractivity contribution >= 4 is 33.6 Å². The van der Waals surface area contributed by atoms with Gasteiger partial charge in [0.15, 0.2) is 0 Å². The molecule has 0 aliphatic rings. The number of fused-ring (bicyclic) bond motifs is 3. The van der Waals surface area contributed by atoms with Crippen LogP contribution in [-0.2, 0) is 17.9 Å². The van der Waals surface area contributed by atoms with Crippen LogP contribution in [0.3, 0.4) is 0 Å². The lowest BCUT2D eigenvalue weighted by Crippen LogP contribution is -2.26. The third-order valence-corrected chi connectivity index (χ3v) is 4.13. The molecule has 26 heavy (non-hydrogen) atoms. The molecule has 0 radical (unpaired) electrons. The number of furan rings is 1. The van der Waals surface area contributed by atoms with E-state index >= 15 is 0 Å². The molecule has 0 unspecified atom stereocenters. The fourth-order valence-electron chi connectivity index (χ4n) is 2.91. The first-order chi connectivity index (χ1) is 12.6. The minimum Gasteiger partial charge on any atom is -0.480 e. The van der Waals surface area contributed by atoms with E-state index in [0.29, 0.717) is 6.54 Å². The molecule has 4 rings (SSSR count). The zero-order valence-electron chi connectivity index (χ0n) is 13.7. The van der Waals surface area contributed by atoms with Gasteiger partial charge >= 0.3 is 5.97 Å². The van der Waals surface area contributed by atoms with Crippen LogP contribution in [0.15, 0.2) is 64.2 Å². The Hall–Kier alpha value is -3.61. The molecule has 2 heterocycles. The lowest BCUT2D eigenvalue weighted by atomic mass is 10.1. The van der Waals surface area contributed by atoms with Crippen molar-refractivity contribution in [2.75, 3.05) is 5.32 Å². The minimum atomic E-state index is -1.09. The van der Waals surface area contributed by atoms with Crippen LogP contribution in [-0.4, -0.2) is 20.6 Å². The van der Waals surface area contributed by atoms with Gasteiger partial charge in [-0.2, -0.15) is 0 Å². The van der Waals surface area contributed by atoms with E-state index in [2.05, 4.69) is 10.3 Å². The highest BCUT2D eigenvalue weighted by molar-refractivity contribution is 6.04. The molecule has 0 bridgehead atoms. The Kier molecular flexibility index (Phi) is 3.89. The SMILES string of the molecule is O=C(O)Cn1cncc(NCc2ccc3oc4ccccc4c3c2)c1=O. The van der Waals surface area contributed by atoms with Crippen LogP contribution in [0.25, 0.3) is 21.9 Å². The highest BCUT2D eigenvalue weighted by Crippen LogP contribution is 2.29. The van der Waals surface area contributed by atoms with Crippen molar-refractivity contribution < 1.29 is 14.3 Å². The number of carboxylic acids is 1. The normalized spacial score (nSPS) is 11.1. The number of aliphatic carboxylic acids is 1. The molecule has 0 atom stereocenters. The summed E-state index contributed by atoms with van der Waals surface area (Å²) in [6.07, 6.45) is 2.61. The van der Waals surface area contributed by atoms with Crippen LogP contribution >= 0.6 is 0 Å². The summed E-state index contributed by atoms with van der Waals surface area (Å²) in [4.78, 5) is 27.0. The van der Waals surface area contributed by atoms with Crippen molar-refractivity contribution in [3.05, 3.63) is 70.9 Å². The molecule has 0 aliphatic carbocycles. The third-order valence-electron chi connectivity index (χ3n) is 4.13. The summed E-state index contributed by atoms with van der Waals surface area (Å²) in [5, 5.41) is 13.9. The summed E-state index contributed by atoms with van der Waals surface area (Å²) in [6, 6.07) is 13.7. The first-order valence-electron chi connectivity index (χ1n) is 8.02. The molecule has 2 aromatic heterocycles. The third kappa shape index (κ3) is 2.90. The predicted molar refractivity (Wildman–Crippen MR) is 97.2 cm³/mol. The van der Waals surface area contributed by atoms with E-state index in [-0.39, 0.29) is 5.69 Å². The van der Waals surface area contributed by atoms with E-state index in [9.17, 15) is 9.59 Å². The average Bonchev–Trinajstić information content (AvgIpc) is 3.00. The molecule has 0 fully saturated rings. The number of carbonyl (C=O) groups is 1. The van der Waals surface area contributed by atoms with Crippen molar-refractivity contribution in [1.29, 1.82) is 0 Å². The second-order valence-electron chi connectivity index (χ2n) is 5.92. The summed E-state index contributed by atoms with van der Waals surface area (Å²) in [7, 11) is 0. The number of benzene rings is 2. The van der Waals surface area contributed by atoms with Gasteiger partial charge in [0.2, 0.25) is 0 Å². The summed E-state index contributed by atoms with van der Waals surface area (Å²) < 4.78 is 6.86. The van der Waals surface area contributed by atoms with Gasteiger partial charge in [-0.25, -0.2) is 4.98 Å². The van der Waals surface area contributed by atoms with Gasteiger partial charge in [-0.3, -0.25) is 14.2 Å². The zero-order chi connectivity index (χ0) is 18.1. The van der Waals surface area contributed by atoms with E-state index in [1.807, 2.05) is 42.5 Å². The summed E-state index contributed by atoms with van der Waals surface area (Å²) >= 11 is 0. The van der Waals surface area contributed by atoms with Crippen molar-refractivity contribution in [2.45, 2.75) is 13.1 Å². The maximum atomic E-state index is 12.3. The number of hydrogen-bond donors (Lipinski definition) is 2. The van der Waals surface area contributed by atoms with Gasteiger partial charge in [0.25, 0.3) is 5.56 Å². The van der Waals surface area contributed by atoms with Gasteiger partial charge in [0.05, 0.1) is 12.5 Å². The molecule has 7 nitrogen and oxygen atoms in total. The van der Waals surface area contributed by atoms with Crippen molar-refractivity contribution in [3.63, 3.8) is 0 Å². The van der Waals surface area contributed by atoms with Crippen LogP contribution in [0.4, 0.5) is 5.69 Å². The van der Waals surface area contributed by atoms with Gasteiger partial charge in [0.1, 0.15) is 23.4 Å². The lowest BCUT2D eigenvalue weighted by molar-refractivity contribution is -0.137. The Morgan fingerprint density at radius 2 is 1.96 bits per heavy atom. The summed E-state index contributed by atoms with van der Waals surface area (Å²) in [5.41, 5.74) is 2.44. The molecule has 0 saturated carbocycles. The molecule has 130 valence electrons. The average molecular weight is 349 g/mol. The van der Waals surface area contributed by atoms with E-state index in [1.54, 1.807) is 0 Å². The lowest BCUT2D eigenvalue weighted by Gasteiger charge is -2.08. The topological polar surface area (TPSA) is 97.4 Å². The Labute approximate surface area is 147 Å². The molecule has 0 spiro atoms. The van der Waals surface area contributed by atoms with E-state index in [4.69, 9.17) is 9.52 Å². The minimum absolute atomic E-state index is 0.255. The second-order valence-corrected chi connectivity index (χ2v) is 5.92. The van der Waals surface area contributed by atoms with Crippen molar-refractivity contribution in [1.82, 2.24) is 9.55 Å². The number of carboxylic acid groups (broad SMARTS) is 1. The molecule has 2 aromatic carbocycles. The molecule has 4 aromatic rings. The van der Waals surface area contributed by atoms with Gasteiger partial charge in [-0.1, -0.05) is 24.3 Å². The first kappa shape index (κ1) is 15.9. The Morgan fingerprint density at radius 3 is 2.81 bits per heavy atom. The second kappa shape index (κ2) is 6.36. The van der Waals surface area contributed by atoms with Gasteiger partial charge < -0.3 is 14.8 Å². The molecule has 0 saturated heterocycles. The quantitative estimate of drug-likeness (QED) is 0.575. The highest BCUT2D eigenvalue weighted by Gasteiger charge is 2.09. The van der Waals surface area contributed by atoms with E-state index in [0.717, 1.165) is 32.1 Å². The van der Waals surface area contributed by atoms with Crippen molar-refractivity contribution in [2.24, 2.45) is 0 Å². The maximum Gasteiger partial charge on any atom is 0.323 e. The Morgan fingerprint density at radius 1 is 1.15 bits per heavy atom. The van der Waals surface area contributed by atoms with Crippen LogP contribution in [0.5, 0.6) is 0 Å². The monoisotopic (exact) mass is 349 g/mol. The van der Waals surface area contributed by atoms with Crippen LogP contribution in [0.1, 0.15) is 5.56 Å². The number of nitrogens with zero attached hydrogens (tertiary/aromatic N) is 2. The Balaban J connectivity index is 1.61.